The van der Waals surface area contributed by atoms with E-state index in [4.69, 9.17) is 0 Å². The van der Waals surface area contributed by atoms with Crippen molar-refractivity contribution in [1.82, 2.24) is 10.2 Å². The number of carbonyl (C=O) groups excluding carboxylic acids is 2. The fourth-order valence-corrected chi connectivity index (χ4v) is 1.36. The highest BCUT2D eigenvalue weighted by Gasteiger charge is 2.28. The number of hydrogen-bond donors (Lipinski definition) is 1. The van der Waals surface area contributed by atoms with Crippen LogP contribution in [0.1, 0.15) is 6.92 Å². The average Bonchev–Trinajstić information content (AvgIpc) is 1.97. The minimum absolute atomic E-state index is 0.250. The third-order valence-corrected chi connectivity index (χ3v) is 2.27. The Morgan fingerprint density at radius 3 is 2.91 bits per heavy atom. The van der Waals surface area contributed by atoms with Crippen LogP contribution < -0.4 is 5.32 Å². The van der Waals surface area contributed by atoms with Crippen molar-refractivity contribution in [2.75, 3.05) is 13.1 Å². The quantitative estimate of drug-likeness (QED) is 0.648. The Bertz CT molecular complexity index is 195. The van der Waals surface area contributed by atoms with E-state index in [0.29, 0.717) is 13.1 Å². The summed E-state index contributed by atoms with van der Waals surface area (Å²) in [6, 6.07) is -0.298. The first-order valence-corrected chi connectivity index (χ1v) is 4.30. The molecule has 0 bridgehead atoms. The Morgan fingerprint density at radius 1 is 1.73 bits per heavy atom. The van der Waals surface area contributed by atoms with Crippen molar-refractivity contribution >= 4 is 27.9 Å². The highest BCUT2D eigenvalue weighted by molar-refractivity contribution is 9.10. The van der Waals surface area contributed by atoms with E-state index in [0.717, 1.165) is 0 Å². The first kappa shape index (κ1) is 8.52. The molecule has 1 unspecified atom stereocenters. The van der Waals surface area contributed by atoms with Crippen LogP contribution in [-0.2, 0) is 4.79 Å². The number of halogens is 1. The predicted molar refractivity (Wildman–Crippen MR) is 43.5 cm³/mol. The number of amides is 3. The molecule has 0 aromatic carbocycles. The lowest BCUT2D eigenvalue weighted by Crippen LogP contribution is -2.54. The van der Waals surface area contributed by atoms with Crippen LogP contribution in [0.15, 0.2) is 0 Å². The summed E-state index contributed by atoms with van der Waals surface area (Å²) in [6.07, 6.45) is 0. The van der Waals surface area contributed by atoms with E-state index in [2.05, 4.69) is 21.2 Å². The summed E-state index contributed by atoms with van der Waals surface area (Å²) >= 11 is 3.16. The standard InChI is InChI=1S/C6H9BrN2O2/c1-2-9-3-4(7)5(10)8-6(9)11/h4H,2-3H2,1H3,(H,8,10,11). The van der Waals surface area contributed by atoms with Gasteiger partial charge in [0.2, 0.25) is 5.91 Å². The van der Waals surface area contributed by atoms with Crippen LogP contribution in [0.4, 0.5) is 4.79 Å². The topological polar surface area (TPSA) is 49.4 Å². The van der Waals surface area contributed by atoms with E-state index < -0.39 is 0 Å². The Morgan fingerprint density at radius 2 is 2.36 bits per heavy atom. The van der Waals surface area contributed by atoms with Crippen molar-refractivity contribution in [1.29, 1.82) is 0 Å². The molecule has 0 saturated carbocycles. The molecule has 0 radical (unpaired) electrons. The molecule has 62 valence electrons. The maximum atomic E-state index is 11.0. The van der Waals surface area contributed by atoms with Gasteiger partial charge >= 0.3 is 6.03 Å². The fourth-order valence-electron chi connectivity index (χ4n) is 0.895. The zero-order valence-corrected chi connectivity index (χ0v) is 7.72. The van der Waals surface area contributed by atoms with E-state index in [-0.39, 0.29) is 16.8 Å². The number of alkyl halides is 1. The zero-order chi connectivity index (χ0) is 8.43. The second-order valence-corrected chi connectivity index (χ2v) is 3.41. The van der Waals surface area contributed by atoms with Crippen LogP contribution in [-0.4, -0.2) is 34.8 Å². The van der Waals surface area contributed by atoms with Crippen molar-refractivity contribution in [3.63, 3.8) is 0 Å². The molecule has 1 saturated heterocycles. The van der Waals surface area contributed by atoms with Gasteiger partial charge in [-0.3, -0.25) is 10.1 Å². The van der Waals surface area contributed by atoms with E-state index in [1.165, 1.54) is 0 Å². The van der Waals surface area contributed by atoms with Gasteiger partial charge in [0.1, 0.15) is 4.83 Å². The molecule has 1 N–H and O–H groups in total. The summed E-state index contributed by atoms with van der Waals surface area (Å²) in [6.45, 7) is 2.96. The lowest BCUT2D eigenvalue weighted by Gasteiger charge is -2.28. The molecule has 1 atom stereocenters. The normalized spacial score (nSPS) is 25.3. The molecule has 1 heterocycles. The number of nitrogens with one attached hydrogen (secondary N) is 1. The van der Waals surface area contributed by atoms with Crippen molar-refractivity contribution in [2.45, 2.75) is 11.8 Å². The molecule has 0 spiro atoms. The van der Waals surface area contributed by atoms with Gasteiger partial charge in [-0.25, -0.2) is 4.79 Å². The molecule has 11 heavy (non-hydrogen) atoms. The van der Waals surface area contributed by atoms with Gasteiger partial charge in [0, 0.05) is 13.1 Å². The van der Waals surface area contributed by atoms with Gasteiger partial charge in [0.05, 0.1) is 0 Å². The largest absolute Gasteiger partial charge is 0.324 e. The highest BCUT2D eigenvalue weighted by Crippen LogP contribution is 2.08. The summed E-state index contributed by atoms with van der Waals surface area (Å²) in [4.78, 5) is 23.1. The summed E-state index contributed by atoms with van der Waals surface area (Å²) < 4.78 is 0. The zero-order valence-electron chi connectivity index (χ0n) is 6.13. The number of hydrogen-bond acceptors (Lipinski definition) is 2. The smallest absolute Gasteiger partial charge is 0.323 e. The van der Waals surface area contributed by atoms with Gasteiger partial charge in [-0.15, -0.1) is 0 Å². The van der Waals surface area contributed by atoms with Gasteiger partial charge < -0.3 is 4.90 Å². The number of rotatable bonds is 1. The molecule has 0 aromatic rings. The van der Waals surface area contributed by atoms with E-state index in [9.17, 15) is 9.59 Å². The lowest BCUT2D eigenvalue weighted by molar-refractivity contribution is -0.120. The van der Waals surface area contributed by atoms with Crippen LogP contribution in [0.5, 0.6) is 0 Å². The molecule has 0 aliphatic carbocycles. The number of carbonyl (C=O) groups is 2. The Hall–Kier alpha value is -0.580. The molecule has 1 aliphatic heterocycles. The van der Waals surface area contributed by atoms with Crippen LogP contribution >= 0.6 is 15.9 Å². The third kappa shape index (κ3) is 1.71. The summed E-state index contributed by atoms with van der Waals surface area (Å²) in [5.41, 5.74) is 0. The van der Waals surface area contributed by atoms with Crippen molar-refractivity contribution in [2.24, 2.45) is 0 Å². The van der Waals surface area contributed by atoms with Crippen molar-refractivity contribution < 1.29 is 9.59 Å². The number of imide groups is 1. The molecule has 4 nitrogen and oxygen atoms in total. The SMILES string of the molecule is CCN1CC(Br)C(=O)NC1=O. The van der Waals surface area contributed by atoms with Crippen LogP contribution in [0.25, 0.3) is 0 Å². The molecule has 5 heteroatoms. The fraction of sp³-hybridized carbons (Fsp3) is 0.667. The molecule has 3 amide bonds. The average molecular weight is 221 g/mol. The summed E-state index contributed by atoms with van der Waals surface area (Å²) in [7, 11) is 0. The predicted octanol–water partition coefficient (Wildman–Crippen LogP) is 0.322. The van der Waals surface area contributed by atoms with Gasteiger partial charge in [0.25, 0.3) is 0 Å². The molecule has 1 rings (SSSR count). The van der Waals surface area contributed by atoms with Crippen LogP contribution in [0.2, 0.25) is 0 Å². The highest BCUT2D eigenvalue weighted by atomic mass is 79.9. The lowest BCUT2D eigenvalue weighted by atomic mass is 10.3. The number of urea groups is 1. The molecular formula is C6H9BrN2O2. The minimum Gasteiger partial charge on any atom is -0.323 e. The van der Waals surface area contributed by atoms with E-state index in [1.807, 2.05) is 6.92 Å². The Balaban J connectivity index is 2.62. The Labute approximate surface area is 73.1 Å². The maximum Gasteiger partial charge on any atom is 0.324 e. The minimum atomic E-state index is -0.298. The van der Waals surface area contributed by atoms with E-state index in [1.54, 1.807) is 4.90 Å². The first-order chi connectivity index (χ1) is 5.15. The second-order valence-electron chi connectivity index (χ2n) is 2.30. The van der Waals surface area contributed by atoms with Gasteiger partial charge in [0.15, 0.2) is 0 Å². The van der Waals surface area contributed by atoms with Gasteiger partial charge in [-0.1, -0.05) is 15.9 Å². The van der Waals surface area contributed by atoms with Crippen LogP contribution in [0.3, 0.4) is 0 Å². The Kier molecular flexibility index (Phi) is 2.49. The van der Waals surface area contributed by atoms with E-state index >= 15 is 0 Å². The first-order valence-electron chi connectivity index (χ1n) is 3.39. The summed E-state index contributed by atoms with van der Waals surface area (Å²) in [5, 5.41) is 2.23. The molecule has 1 aliphatic rings. The van der Waals surface area contributed by atoms with Gasteiger partial charge in [-0.2, -0.15) is 0 Å². The van der Waals surface area contributed by atoms with Crippen LogP contribution in [0, 0.1) is 0 Å². The third-order valence-electron chi connectivity index (χ3n) is 1.56. The number of nitrogens with zero attached hydrogens (tertiary/aromatic N) is 1. The van der Waals surface area contributed by atoms with Crippen molar-refractivity contribution in [3.05, 3.63) is 0 Å². The second kappa shape index (κ2) is 3.21. The molecular weight excluding hydrogens is 212 g/mol. The van der Waals surface area contributed by atoms with Crippen molar-refractivity contribution in [3.8, 4) is 0 Å². The molecule has 0 aromatic heterocycles. The van der Waals surface area contributed by atoms with Gasteiger partial charge in [-0.05, 0) is 6.92 Å². The monoisotopic (exact) mass is 220 g/mol. The summed E-state index contributed by atoms with van der Waals surface area (Å²) in [5.74, 6) is -0.250. The molecule has 1 fully saturated rings. The maximum absolute atomic E-state index is 11.0.